The second-order valence-electron chi connectivity index (χ2n) is 5.63. The summed E-state index contributed by atoms with van der Waals surface area (Å²) in [5.74, 6) is 0.424. The maximum absolute atomic E-state index is 13.3. The molecule has 1 atom stereocenters. The van der Waals surface area contributed by atoms with Gasteiger partial charge in [0.25, 0.3) is 0 Å². The highest BCUT2D eigenvalue weighted by Gasteiger charge is 2.43. The van der Waals surface area contributed by atoms with Gasteiger partial charge in [0.05, 0.1) is 6.61 Å². The number of nitrogens with one attached hydrogen (secondary N) is 1. The van der Waals surface area contributed by atoms with Gasteiger partial charge in [-0.1, -0.05) is 30.2 Å². The van der Waals surface area contributed by atoms with E-state index in [1.54, 1.807) is 24.3 Å². The van der Waals surface area contributed by atoms with Gasteiger partial charge in [0, 0.05) is 12.0 Å². The molecule has 1 aliphatic heterocycles. The quantitative estimate of drug-likeness (QED) is 0.772. The number of likely N-dealkylation sites (tertiary alicyclic amines) is 1. The molecule has 0 radical (unpaired) electrons. The monoisotopic (exact) mass is 348 g/mol. The molecule has 0 saturated carbocycles. The summed E-state index contributed by atoms with van der Waals surface area (Å²) in [6.45, 7) is 0.950. The number of hydrogen-bond donors (Lipinski definition) is 1. The van der Waals surface area contributed by atoms with Crippen molar-refractivity contribution in [2.24, 2.45) is 0 Å². The first-order valence-corrected chi connectivity index (χ1v) is 8.04. The molecule has 1 aromatic rings. The Morgan fingerprint density at radius 1 is 1.26 bits per heavy atom. The molecule has 1 fully saturated rings. The van der Waals surface area contributed by atoms with E-state index in [0.29, 0.717) is 24.4 Å². The lowest BCUT2D eigenvalue weighted by molar-refractivity contribution is -0.189. The fourth-order valence-corrected chi connectivity index (χ4v) is 2.91. The minimum Gasteiger partial charge on any atom is -0.494 e. The Labute approximate surface area is 138 Å². The molecule has 1 N–H and O–H groups in total. The van der Waals surface area contributed by atoms with Gasteiger partial charge in [0.15, 0.2) is 0 Å². The third-order valence-corrected chi connectivity index (χ3v) is 4.17. The van der Waals surface area contributed by atoms with E-state index in [-0.39, 0.29) is 18.2 Å². The average molecular weight is 349 g/mol. The third kappa shape index (κ3) is 5.39. The van der Waals surface area contributed by atoms with Crippen molar-refractivity contribution in [3.63, 3.8) is 0 Å². The topological polar surface area (TPSA) is 36.3 Å². The minimum atomic E-state index is -4.25. The summed E-state index contributed by atoms with van der Waals surface area (Å²) in [5, 5.41) is 7.22. The molecule has 1 saturated heterocycles. The molecule has 0 bridgehead atoms. The second-order valence-corrected chi connectivity index (χ2v) is 6.01. The number of halogens is 4. The van der Waals surface area contributed by atoms with E-state index in [0.717, 1.165) is 19.3 Å². The Morgan fingerprint density at radius 2 is 1.96 bits per heavy atom. The number of benzene rings is 1. The van der Waals surface area contributed by atoms with Crippen LogP contribution < -0.4 is 4.74 Å². The average Bonchev–Trinajstić information content (AvgIpc) is 2.51. The highest BCUT2D eigenvalue weighted by atomic mass is 35.5. The summed E-state index contributed by atoms with van der Waals surface area (Å²) < 4.78 is 45.2. The van der Waals surface area contributed by atoms with Crippen molar-refractivity contribution in [3.05, 3.63) is 29.8 Å². The van der Waals surface area contributed by atoms with Crippen molar-refractivity contribution in [1.29, 1.82) is 5.41 Å². The molecule has 2 rings (SSSR count). The number of hydrogen-bond acceptors (Lipinski definition) is 3. The molecular formula is C16H20ClF3N2O. The van der Waals surface area contributed by atoms with Crippen LogP contribution in [0.2, 0.25) is 0 Å². The zero-order chi connectivity index (χ0) is 16.9. The first kappa shape index (κ1) is 18.1. The fraction of sp³-hybridized carbons (Fsp3) is 0.562. The van der Waals surface area contributed by atoms with Crippen LogP contribution in [0.3, 0.4) is 0 Å². The first-order chi connectivity index (χ1) is 10.9. The molecule has 0 spiro atoms. The molecule has 1 aliphatic rings. The summed E-state index contributed by atoms with van der Waals surface area (Å²) in [6.07, 6.45) is -1.73. The lowest BCUT2D eigenvalue weighted by atomic mass is 10.1. The molecule has 0 aromatic heterocycles. The van der Waals surface area contributed by atoms with E-state index >= 15 is 0 Å². The summed E-state index contributed by atoms with van der Waals surface area (Å²) in [4.78, 5) is 1.51. The van der Waals surface area contributed by atoms with Crippen LogP contribution in [0.4, 0.5) is 13.2 Å². The Balaban J connectivity index is 1.93. The van der Waals surface area contributed by atoms with E-state index in [1.165, 1.54) is 4.90 Å². The minimum absolute atomic E-state index is 0.0280. The Kier molecular flexibility index (Phi) is 6.30. The lowest BCUT2D eigenvalue weighted by Gasteiger charge is -2.35. The van der Waals surface area contributed by atoms with Gasteiger partial charge >= 0.3 is 6.18 Å². The summed E-state index contributed by atoms with van der Waals surface area (Å²) in [6, 6.07) is 5.05. The van der Waals surface area contributed by atoms with Gasteiger partial charge in [-0.2, -0.15) is 13.2 Å². The lowest BCUT2D eigenvalue weighted by Crippen LogP contribution is -2.48. The van der Waals surface area contributed by atoms with Gasteiger partial charge in [0.2, 0.25) is 0 Å². The van der Waals surface area contributed by atoms with E-state index in [2.05, 4.69) is 0 Å². The molecule has 7 heteroatoms. The number of ether oxygens (including phenoxy) is 1. The molecule has 3 nitrogen and oxygen atoms in total. The van der Waals surface area contributed by atoms with Gasteiger partial charge in [-0.3, -0.25) is 10.3 Å². The van der Waals surface area contributed by atoms with Crippen molar-refractivity contribution in [3.8, 4) is 5.75 Å². The molecule has 1 aromatic carbocycles. The molecule has 128 valence electrons. The largest absolute Gasteiger partial charge is 0.494 e. The SMILES string of the molecule is N=C(Cl)c1cccc(OCCC(N2CCCCC2)C(F)(F)F)c1. The van der Waals surface area contributed by atoms with E-state index in [9.17, 15) is 13.2 Å². The van der Waals surface area contributed by atoms with Crippen molar-refractivity contribution in [1.82, 2.24) is 4.90 Å². The van der Waals surface area contributed by atoms with Crippen LogP contribution in [0.5, 0.6) is 5.75 Å². The summed E-state index contributed by atoms with van der Waals surface area (Å²) in [7, 11) is 0. The van der Waals surface area contributed by atoms with Crippen LogP contribution in [-0.2, 0) is 0 Å². The number of rotatable bonds is 6. The maximum atomic E-state index is 13.3. The third-order valence-electron chi connectivity index (χ3n) is 3.96. The predicted molar refractivity (Wildman–Crippen MR) is 84.5 cm³/mol. The molecule has 1 heterocycles. The van der Waals surface area contributed by atoms with Gasteiger partial charge in [-0.05, 0) is 38.1 Å². The van der Waals surface area contributed by atoms with E-state index in [4.69, 9.17) is 21.7 Å². The van der Waals surface area contributed by atoms with Gasteiger partial charge in [-0.25, -0.2) is 0 Å². The van der Waals surface area contributed by atoms with Crippen molar-refractivity contribution in [2.45, 2.75) is 37.9 Å². The predicted octanol–water partition coefficient (Wildman–Crippen LogP) is 4.44. The van der Waals surface area contributed by atoms with Crippen LogP contribution in [0.1, 0.15) is 31.2 Å². The normalized spacial score (nSPS) is 17.7. The van der Waals surface area contributed by atoms with Gasteiger partial charge in [0.1, 0.15) is 17.0 Å². The maximum Gasteiger partial charge on any atom is 0.404 e. The number of alkyl halides is 3. The summed E-state index contributed by atoms with van der Waals surface area (Å²) in [5.41, 5.74) is 0.479. The molecule has 0 aliphatic carbocycles. The standard InChI is InChI=1S/C16H20ClF3N2O/c17-15(21)12-5-4-6-13(11-12)23-10-7-14(16(18,19)20)22-8-2-1-3-9-22/h4-6,11,14,21H,1-3,7-10H2. The number of piperidine rings is 1. The van der Waals surface area contributed by atoms with Gasteiger partial charge in [-0.15, -0.1) is 0 Å². The smallest absolute Gasteiger partial charge is 0.404 e. The zero-order valence-electron chi connectivity index (χ0n) is 12.7. The van der Waals surface area contributed by atoms with Crippen molar-refractivity contribution < 1.29 is 17.9 Å². The second kappa shape index (κ2) is 8.02. The Bertz CT molecular complexity index is 530. The Hall–Kier alpha value is -1.27. The fourth-order valence-electron chi connectivity index (χ4n) is 2.79. The zero-order valence-corrected chi connectivity index (χ0v) is 13.5. The molecule has 1 unspecified atom stereocenters. The van der Waals surface area contributed by atoms with Gasteiger partial charge < -0.3 is 4.74 Å². The van der Waals surface area contributed by atoms with Crippen LogP contribution in [0.15, 0.2) is 24.3 Å². The highest BCUT2D eigenvalue weighted by Crippen LogP contribution is 2.29. The van der Waals surface area contributed by atoms with E-state index < -0.39 is 12.2 Å². The Morgan fingerprint density at radius 3 is 2.57 bits per heavy atom. The first-order valence-electron chi connectivity index (χ1n) is 7.66. The molecular weight excluding hydrogens is 329 g/mol. The number of nitrogens with zero attached hydrogens (tertiary/aromatic N) is 1. The van der Waals surface area contributed by atoms with Crippen LogP contribution in [-0.4, -0.2) is 42.0 Å². The van der Waals surface area contributed by atoms with E-state index in [1.807, 2.05) is 0 Å². The van der Waals surface area contributed by atoms with Crippen LogP contribution in [0, 0.1) is 5.41 Å². The van der Waals surface area contributed by atoms with Crippen LogP contribution >= 0.6 is 11.6 Å². The van der Waals surface area contributed by atoms with Crippen molar-refractivity contribution in [2.75, 3.05) is 19.7 Å². The molecule has 0 amide bonds. The summed E-state index contributed by atoms with van der Waals surface area (Å²) >= 11 is 5.59. The van der Waals surface area contributed by atoms with Crippen LogP contribution in [0.25, 0.3) is 0 Å². The van der Waals surface area contributed by atoms with Crippen molar-refractivity contribution >= 4 is 16.8 Å². The highest BCUT2D eigenvalue weighted by molar-refractivity contribution is 6.68. The molecule has 23 heavy (non-hydrogen) atoms.